The number of hydrogen-bond acceptors (Lipinski definition) is 1. The summed E-state index contributed by atoms with van der Waals surface area (Å²) in [5.41, 5.74) is 2.87. The van der Waals surface area contributed by atoms with Crippen molar-refractivity contribution in [1.29, 1.82) is 0 Å². The molecule has 0 aromatic carbocycles. The van der Waals surface area contributed by atoms with Gasteiger partial charge in [0, 0.05) is 6.61 Å². The Kier molecular flexibility index (Phi) is 11.3. The first kappa shape index (κ1) is 30.7. The molecule has 4 rings (SSSR count). The summed E-state index contributed by atoms with van der Waals surface area (Å²) >= 11 is 0. The fraction of sp³-hybridized carbons (Fsp3) is 0.946. The molecule has 0 spiro atoms. The molecular formula is C37H66O. The first-order valence-electron chi connectivity index (χ1n) is 17.6. The van der Waals surface area contributed by atoms with Crippen LogP contribution in [0.5, 0.6) is 0 Å². The number of fused-ring (bicyclic) bond motifs is 5. The summed E-state index contributed by atoms with van der Waals surface area (Å²) in [4.78, 5) is 0. The third kappa shape index (κ3) is 6.94. The lowest BCUT2D eigenvalue weighted by molar-refractivity contribution is -0.0641. The number of ether oxygens (including phenoxy) is 1. The van der Waals surface area contributed by atoms with E-state index in [2.05, 4.69) is 47.6 Å². The zero-order chi connectivity index (χ0) is 27.2. The normalized spacial score (nSPS) is 37.4. The summed E-state index contributed by atoms with van der Waals surface area (Å²) < 4.78 is 6.49. The highest BCUT2D eigenvalue weighted by molar-refractivity contribution is 5.25. The van der Waals surface area contributed by atoms with E-state index < -0.39 is 0 Å². The van der Waals surface area contributed by atoms with Crippen molar-refractivity contribution in [1.82, 2.24) is 0 Å². The summed E-state index contributed by atoms with van der Waals surface area (Å²) in [6, 6.07) is 0. The van der Waals surface area contributed by atoms with E-state index in [0.717, 1.165) is 42.1 Å². The summed E-state index contributed by atoms with van der Waals surface area (Å²) in [5, 5.41) is 0. The lowest BCUT2D eigenvalue weighted by Gasteiger charge is -2.58. The Balaban J connectivity index is 1.26. The van der Waals surface area contributed by atoms with Gasteiger partial charge in [0.1, 0.15) is 0 Å². The van der Waals surface area contributed by atoms with Crippen molar-refractivity contribution in [3.05, 3.63) is 11.6 Å². The molecule has 3 fully saturated rings. The SMILES string of the molecule is CCCCCCCCCCOC1CC[C@@]2(C)C(=CCC3C2CC[C@@]2(C)C3CC[C@@H]2[C@H](C)CCCC(C)C)C1. The van der Waals surface area contributed by atoms with E-state index in [-0.39, 0.29) is 0 Å². The Morgan fingerprint density at radius 3 is 2.29 bits per heavy atom. The number of allylic oxidation sites excluding steroid dienone is 1. The van der Waals surface area contributed by atoms with Crippen molar-refractivity contribution < 1.29 is 4.74 Å². The zero-order valence-corrected chi connectivity index (χ0v) is 26.7. The minimum Gasteiger partial charge on any atom is -0.378 e. The zero-order valence-electron chi connectivity index (χ0n) is 26.7. The van der Waals surface area contributed by atoms with E-state index in [1.165, 1.54) is 122 Å². The van der Waals surface area contributed by atoms with Gasteiger partial charge in [-0.05, 0) is 104 Å². The maximum absolute atomic E-state index is 6.49. The van der Waals surface area contributed by atoms with E-state index in [4.69, 9.17) is 4.74 Å². The van der Waals surface area contributed by atoms with Gasteiger partial charge in [-0.1, -0.05) is 117 Å². The lowest BCUT2D eigenvalue weighted by atomic mass is 9.47. The summed E-state index contributed by atoms with van der Waals surface area (Å²) in [6.07, 6.45) is 29.9. The van der Waals surface area contributed by atoms with Gasteiger partial charge >= 0.3 is 0 Å². The van der Waals surface area contributed by atoms with Crippen LogP contribution in [0.15, 0.2) is 11.6 Å². The summed E-state index contributed by atoms with van der Waals surface area (Å²) in [6.45, 7) is 16.1. The molecule has 0 amide bonds. The highest BCUT2D eigenvalue weighted by Gasteiger charge is 2.59. The molecule has 0 radical (unpaired) electrons. The number of rotatable bonds is 15. The Morgan fingerprint density at radius 1 is 0.816 bits per heavy atom. The number of unbranched alkanes of at least 4 members (excludes halogenated alkanes) is 7. The molecular weight excluding hydrogens is 460 g/mol. The molecule has 3 saturated carbocycles. The molecule has 1 heteroatoms. The molecule has 0 aromatic rings. The molecule has 4 aliphatic rings. The maximum atomic E-state index is 6.49. The van der Waals surface area contributed by atoms with E-state index >= 15 is 0 Å². The monoisotopic (exact) mass is 527 g/mol. The number of hydrogen-bond donors (Lipinski definition) is 0. The van der Waals surface area contributed by atoms with Crippen LogP contribution in [0, 0.1) is 46.3 Å². The van der Waals surface area contributed by atoms with Gasteiger partial charge < -0.3 is 4.74 Å². The molecule has 0 bridgehead atoms. The van der Waals surface area contributed by atoms with Crippen molar-refractivity contribution in [3.8, 4) is 0 Å². The van der Waals surface area contributed by atoms with Gasteiger partial charge in [0.05, 0.1) is 6.10 Å². The van der Waals surface area contributed by atoms with Crippen molar-refractivity contribution in [2.45, 2.75) is 170 Å². The van der Waals surface area contributed by atoms with Crippen LogP contribution in [0.2, 0.25) is 0 Å². The Hall–Kier alpha value is -0.300. The minimum atomic E-state index is 0.462. The van der Waals surface area contributed by atoms with Crippen LogP contribution < -0.4 is 0 Å². The minimum absolute atomic E-state index is 0.462. The molecule has 0 N–H and O–H groups in total. The van der Waals surface area contributed by atoms with Crippen LogP contribution in [0.1, 0.15) is 164 Å². The van der Waals surface area contributed by atoms with Crippen LogP contribution in [0.4, 0.5) is 0 Å². The molecule has 220 valence electrons. The molecule has 8 atom stereocenters. The Labute approximate surface area is 238 Å². The molecule has 0 aromatic heterocycles. The smallest absolute Gasteiger partial charge is 0.0612 e. The molecule has 1 nitrogen and oxygen atoms in total. The van der Waals surface area contributed by atoms with Crippen molar-refractivity contribution in [2.75, 3.05) is 6.61 Å². The van der Waals surface area contributed by atoms with Gasteiger partial charge in [-0.3, -0.25) is 0 Å². The first-order chi connectivity index (χ1) is 18.3. The van der Waals surface area contributed by atoms with Gasteiger partial charge in [-0.15, -0.1) is 0 Å². The predicted molar refractivity (Wildman–Crippen MR) is 165 cm³/mol. The van der Waals surface area contributed by atoms with Crippen LogP contribution >= 0.6 is 0 Å². The van der Waals surface area contributed by atoms with Crippen molar-refractivity contribution >= 4 is 0 Å². The lowest BCUT2D eigenvalue weighted by Crippen LogP contribution is -2.51. The van der Waals surface area contributed by atoms with Crippen LogP contribution in [-0.2, 0) is 4.74 Å². The molecule has 0 saturated heterocycles. The molecule has 38 heavy (non-hydrogen) atoms. The summed E-state index contributed by atoms with van der Waals surface area (Å²) in [7, 11) is 0. The third-order valence-corrected chi connectivity index (χ3v) is 12.6. The van der Waals surface area contributed by atoms with E-state index in [0.29, 0.717) is 16.9 Å². The van der Waals surface area contributed by atoms with Crippen LogP contribution in [0.25, 0.3) is 0 Å². The molecule has 0 heterocycles. The average molecular weight is 527 g/mol. The topological polar surface area (TPSA) is 9.23 Å². The van der Waals surface area contributed by atoms with Gasteiger partial charge in [-0.2, -0.15) is 0 Å². The quantitative estimate of drug-likeness (QED) is 0.152. The summed E-state index contributed by atoms with van der Waals surface area (Å²) in [5.74, 6) is 5.61. The second-order valence-electron chi connectivity index (χ2n) is 15.5. The van der Waals surface area contributed by atoms with Gasteiger partial charge in [0.15, 0.2) is 0 Å². The van der Waals surface area contributed by atoms with Crippen LogP contribution in [0.3, 0.4) is 0 Å². The molecule has 4 unspecified atom stereocenters. The van der Waals surface area contributed by atoms with Crippen molar-refractivity contribution in [2.24, 2.45) is 46.3 Å². The van der Waals surface area contributed by atoms with E-state index in [1.807, 2.05) is 0 Å². The van der Waals surface area contributed by atoms with Gasteiger partial charge in [0.2, 0.25) is 0 Å². The van der Waals surface area contributed by atoms with Crippen LogP contribution in [-0.4, -0.2) is 12.7 Å². The van der Waals surface area contributed by atoms with Gasteiger partial charge in [-0.25, -0.2) is 0 Å². The van der Waals surface area contributed by atoms with Crippen molar-refractivity contribution in [3.63, 3.8) is 0 Å². The van der Waals surface area contributed by atoms with Gasteiger partial charge in [0.25, 0.3) is 0 Å². The molecule has 0 aliphatic heterocycles. The van der Waals surface area contributed by atoms with E-state index in [1.54, 1.807) is 5.57 Å². The standard InChI is InChI=1S/C37H66O/c1-7-8-9-10-11-12-13-14-26-38-31-22-24-36(5)30(27-31)18-19-32-34-21-20-33(29(4)17-15-16-28(2)3)37(34,6)25-23-35(32)36/h18,28-29,31-35H,7-17,19-27H2,1-6H3/t29-,31?,32?,33-,34?,35?,36+,37-/m1/s1. The fourth-order valence-electron chi connectivity index (χ4n) is 10.3. The highest BCUT2D eigenvalue weighted by atomic mass is 16.5. The Bertz CT molecular complexity index is 737. The third-order valence-electron chi connectivity index (χ3n) is 12.6. The fourth-order valence-corrected chi connectivity index (χ4v) is 10.3. The largest absolute Gasteiger partial charge is 0.378 e. The molecule has 4 aliphatic carbocycles. The predicted octanol–water partition coefficient (Wildman–Crippen LogP) is 11.6. The average Bonchev–Trinajstić information content (AvgIpc) is 3.25. The second kappa shape index (κ2) is 14.0. The second-order valence-corrected chi connectivity index (χ2v) is 15.5. The Morgan fingerprint density at radius 2 is 1.55 bits per heavy atom. The highest BCUT2D eigenvalue weighted by Crippen LogP contribution is 2.67. The van der Waals surface area contributed by atoms with E-state index in [9.17, 15) is 0 Å². The maximum Gasteiger partial charge on any atom is 0.0612 e. The first-order valence-corrected chi connectivity index (χ1v) is 17.6.